The second-order valence-electron chi connectivity index (χ2n) is 7.08. The monoisotopic (exact) mass is 428 g/mol. The molecule has 0 spiro atoms. The van der Waals surface area contributed by atoms with Crippen molar-refractivity contribution in [3.63, 3.8) is 0 Å². The lowest BCUT2D eigenvalue weighted by atomic mass is 10.1. The normalized spacial score (nSPS) is 11.1. The molecule has 0 unspecified atom stereocenters. The molecule has 1 amide bonds. The molecule has 0 saturated carbocycles. The van der Waals surface area contributed by atoms with E-state index < -0.39 is 0 Å². The molecule has 29 heavy (non-hydrogen) atoms. The van der Waals surface area contributed by atoms with E-state index in [4.69, 9.17) is 0 Å². The van der Waals surface area contributed by atoms with Crippen molar-refractivity contribution in [1.29, 1.82) is 0 Å². The maximum atomic E-state index is 12.5. The second-order valence-corrected chi connectivity index (χ2v) is 9.11. The number of amides is 1. The van der Waals surface area contributed by atoms with Gasteiger partial charge in [0.2, 0.25) is 5.91 Å². The van der Waals surface area contributed by atoms with Crippen molar-refractivity contribution in [3.05, 3.63) is 45.1 Å². The van der Waals surface area contributed by atoms with Gasteiger partial charge in [-0.2, -0.15) is 0 Å². The summed E-state index contributed by atoms with van der Waals surface area (Å²) in [5.74, 6) is 1.18. The molecular weight excluding hydrogens is 400 g/mol. The van der Waals surface area contributed by atoms with Gasteiger partial charge in [-0.05, 0) is 56.4 Å². The van der Waals surface area contributed by atoms with Crippen molar-refractivity contribution in [1.82, 2.24) is 14.8 Å². The number of rotatable bonds is 8. The van der Waals surface area contributed by atoms with E-state index in [1.165, 1.54) is 33.3 Å². The van der Waals surface area contributed by atoms with Gasteiger partial charge >= 0.3 is 0 Å². The minimum Gasteiger partial charge on any atom is -0.325 e. The van der Waals surface area contributed by atoms with Crippen LogP contribution in [0.2, 0.25) is 0 Å². The largest absolute Gasteiger partial charge is 0.325 e. The summed E-state index contributed by atoms with van der Waals surface area (Å²) in [6.45, 7) is 11.4. The standard InChI is InChI=1S/C22H28N4OS2/c1-6-11-26-21(18-12-28-16(5)17(18)7-2)24-25-22(26)29-13-20(27)23-19-10-8-9-14(3)15(19)4/h8-10,12H,6-7,11,13H2,1-5H3,(H,23,27). The first kappa shape index (κ1) is 21.6. The summed E-state index contributed by atoms with van der Waals surface area (Å²) in [7, 11) is 0. The van der Waals surface area contributed by atoms with Gasteiger partial charge in [0, 0.05) is 28.1 Å². The number of aromatic nitrogens is 3. The van der Waals surface area contributed by atoms with Crippen LogP contribution in [0, 0.1) is 20.8 Å². The lowest BCUT2D eigenvalue weighted by Crippen LogP contribution is -2.15. The zero-order chi connectivity index (χ0) is 21.0. The Morgan fingerprint density at radius 3 is 2.72 bits per heavy atom. The number of aryl methyl sites for hydroxylation is 2. The molecule has 1 N–H and O–H groups in total. The first-order valence-electron chi connectivity index (χ1n) is 9.95. The molecule has 2 aromatic heterocycles. The predicted molar refractivity (Wildman–Crippen MR) is 123 cm³/mol. The Balaban J connectivity index is 1.76. The van der Waals surface area contributed by atoms with Gasteiger partial charge in [-0.25, -0.2) is 0 Å². The molecule has 3 rings (SSSR count). The van der Waals surface area contributed by atoms with Crippen molar-refractivity contribution in [2.75, 3.05) is 11.1 Å². The summed E-state index contributed by atoms with van der Waals surface area (Å²) in [5, 5.41) is 14.9. The van der Waals surface area contributed by atoms with Crippen LogP contribution in [0.1, 0.15) is 41.8 Å². The number of thiophene rings is 1. The Labute approximate surface area is 180 Å². The summed E-state index contributed by atoms with van der Waals surface area (Å²) in [6, 6.07) is 5.95. The number of carbonyl (C=O) groups is 1. The molecular formula is C22H28N4OS2. The van der Waals surface area contributed by atoms with Gasteiger partial charge in [-0.15, -0.1) is 21.5 Å². The molecule has 154 valence electrons. The molecule has 0 fully saturated rings. The highest BCUT2D eigenvalue weighted by molar-refractivity contribution is 7.99. The van der Waals surface area contributed by atoms with E-state index in [0.717, 1.165) is 41.6 Å². The van der Waals surface area contributed by atoms with Gasteiger partial charge in [-0.1, -0.05) is 37.7 Å². The number of nitrogens with one attached hydrogen (secondary N) is 1. The summed E-state index contributed by atoms with van der Waals surface area (Å²) in [4.78, 5) is 13.8. The Kier molecular flexibility index (Phi) is 7.14. The Hall–Kier alpha value is -2.12. The average Bonchev–Trinajstić information content (AvgIpc) is 3.26. The molecule has 0 saturated heterocycles. The number of hydrogen-bond acceptors (Lipinski definition) is 5. The third kappa shape index (κ3) is 4.73. The van der Waals surface area contributed by atoms with Gasteiger partial charge in [0.05, 0.1) is 5.75 Å². The highest BCUT2D eigenvalue weighted by atomic mass is 32.2. The molecule has 2 heterocycles. The molecule has 0 aliphatic heterocycles. The van der Waals surface area contributed by atoms with Crippen LogP contribution < -0.4 is 5.32 Å². The van der Waals surface area contributed by atoms with E-state index in [9.17, 15) is 4.79 Å². The summed E-state index contributed by atoms with van der Waals surface area (Å²) < 4.78 is 2.15. The zero-order valence-corrected chi connectivity index (χ0v) is 19.3. The van der Waals surface area contributed by atoms with Crippen LogP contribution >= 0.6 is 23.1 Å². The molecule has 0 radical (unpaired) electrons. The van der Waals surface area contributed by atoms with E-state index in [2.05, 4.69) is 46.2 Å². The third-order valence-electron chi connectivity index (χ3n) is 5.07. The van der Waals surface area contributed by atoms with Crippen molar-refractivity contribution < 1.29 is 4.79 Å². The summed E-state index contributed by atoms with van der Waals surface area (Å²) >= 11 is 3.20. The molecule has 5 nitrogen and oxygen atoms in total. The van der Waals surface area contributed by atoms with Crippen LogP contribution in [-0.2, 0) is 17.8 Å². The van der Waals surface area contributed by atoms with E-state index in [1.807, 2.05) is 32.0 Å². The molecule has 0 bridgehead atoms. The fourth-order valence-electron chi connectivity index (χ4n) is 3.33. The van der Waals surface area contributed by atoms with Crippen LogP contribution in [0.15, 0.2) is 28.7 Å². The van der Waals surface area contributed by atoms with E-state index in [1.54, 1.807) is 11.3 Å². The number of carbonyl (C=O) groups excluding carboxylic acids is 1. The van der Waals surface area contributed by atoms with Gasteiger partial charge in [0.15, 0.2) is 11.0 Å². The average molecular weight is 429 g/mol. The maximum absolute atomic E-state index is 12.5. The number of anilines is 1. The lowest BCUT2D eigenvalue weighted by molar-refractivity contribution is -0.113. The second kappa shape index (κ2) is 9.59. The number of hydrogen-bond donors (Lipinski definition) is 1. The van der Waals surface area contributed by atoms with E-state index in [-0.39, 0.29) is 5.91 Å². The van der Waals surface area contributed by atoms with Gasteiger partial charge in [-0.3, -0.25) is 4.79 Å². The summed E-state index contributed by atoms with van der Waals surface area (Å²) in [6.07, 6.45) is 1.96. The number of benzene rings is 1. The Bertz CT molecular complexity index is 1010. The smallest absolute Gasteiger partial charge is 0.234 e. The van der Waals surface area contributed by atoms with Crippen LogP contribution in [-0.4, -0.2) is 26.4 Å². The third-order valence-corrected chi connectivity index (χ3v) is 6.99. The van der Waals surface area contributed by atoms with Crippen molar-refractivity contribution in [3.8, 4) is 11.4 Å². The van der Waals surface area contributed by atoms with Crippen molar-refractivity contribution in [2.45, 2.75) is 59.2 Å². The van der Waals surface area contributed by atoms with E-state index in [0.29, 0.717) is 5.75 Å². The van der Waals surface area contributed by atoms with Crippen molar-refractivity contribution >= 4 is 34.7 Å². The van der Waals surface area contributed by atoms with Crippen LogP contribution in [0.3, 0.4) is 0 Å². The number of nitrogens with zero attached hydrogens (tertiary/aromatic N) is 3. The van der Waals surface area contributed by atoms with Gasteiger partial charge in [0.1, 0.15) is 0 Å². The van der Waals surface area contributed by atoms with Crippen LogP contribution in [0.25, 0.3) is 11.4 Å². The Morgan fingerprint density at radius 2 is 2.00 bits per heavy atom. The topological polar surface area (TPSA) is 59.8 Å². The van der Waals surface area contributed by atoms with Crippen molar-refractivity contribution in [2.24, 2.45) is 0 Å². The quantitative estimate of drug-likeness (QED) is 0.472. The molecule has 1 aromatic carbocycles. The molecule has 0 aliphatic rings. The lowest BCUT2D eigenvalue weighted by Gasteiger charge is -2.11. The van der Waals surface area contributed by atoms with Gasteiger partial charge < -0.3 is 9.88 Å². The van der Waals surface area contributed by atoms with Crippen LogP contribution in [0.5, 0.6) is 0 Å². The highest BCUT2D eigenvalue weighted by Gasteiger charge is 2.19. The zero-order valence-electron chi connectivity index (χ0n) is 17.7. The fourth-order valence-corrected chi connectivity index (χ4v) is 5.03. The minimum atomic E-state index is -0.0306. The molecule has 7 heteroatoms. The Morgan fingerprint density at radius 1 is 1.21 bits per heavy atom. The number of thioether (sulfide) groups is 1. The summed E-state index contributed by atoms with van der Waals surface area (Å²) in [5.41, 5.74) is 5.64. The maximum Gasteiger partial charge on any atom is 0.234 e. The van der Waals surface area contributed by atoms with Crippen LogP contribution in [0.4, 0.5) is 5.69 Å². The highest BCUT2D eigenvalue weighted by Crippen LogP contribution is 2.32. The first-order chi connectivity index (χ1) is 14.0. The van der Waals surface area contributed by atoms with Gasteiger partial charge in [0.25, 0.3) is 0 Å². The minimum absolute atomic E-state index is 0.0306. The molecule has 0 aliphatic carbocycles. The first-order valence-corrected chi connectivity index (χ1v) is 11.8. The van der Waals surface area contributed by atoms with E-state index >= 15 is 0 Å². The predicted octanol–water partition coefficient (Wildman–Crippen LogP) is 5.64. The molecule has 3 aromatic rings. The molecule has 0 atom stereocenters. The SMILES string of the molecule is CCCn1c(SCC(=O)Nc2cccc(C)c2C)nnc1-c1csc(C)c1CC. The fraction of sp³-hybridized carbons (Fsp3) is 0.409.